The molecule has 2 unspecified atom stereocenters. The Kier molecular flexibility index (Phi) is 2.98. The smallest absolute Gasteiger partial charge is 0.358 e. The molecule has 0 bridgehead atoms. The lowest BCUT2D eigenvalue weighted by Crippen LogP contribution is -2.61. The van der Waals surface area contributed by atoms with E-state index in [0.29, 0.717) is 24.3 Å². The molecule has 2 aliphatic rings. The number of carbonyl (C=O) groups is 2. The van der Waals surface area contributed by atoms with Gasteiger partial charge in [-0.25, -0.2) is 9.69 Å². The zero-order valence-corrected chi connectivity index (χ0v) is 8.79. The van der Waals surface area contributed by atoms with Gasteiger partial charge in [-0.15, -0.1) is 0 Å². The molecule has 2 rings (SSSR count). The van der Waals surface area contributed by atoms with E-state index in [4.69, 9.17) is 4.74 Å². The van der Waals surface area contributed by atoms with Crippen molar-refractivity contribution >= 4 is 11.9 Å². The minimum Gasteiger partial charge on any atom is -0.358 e. The molecule has 3 amide bonds. The van der Waals surface area contributed by atoms with Gasteiger partial charge in [0.05, 0.1) is 0 Å². The molecule has 0 saturated carbocycles. The maximum atomic E-state index is 12.5. The van der Waals surface area contributed by atoms with Gasteiger partial charge in [-0.05, 0) is 12.8 Å². The summed E-state index contributed by atoms with van der Waals surface area (Å²) in [6.07, 6.45) is -4.52. The zero-order chi connectivity index (χ0) is 12.6. The summed E-state index contributed by atoms with van der Waals surface area (Å²) in [5, 5.41) is 2.06. The van der Waals surface area contributed by atoms with E-state index in [2.05, 4.69) is 5.32 Å². The van der Waals surface area contributed by atoms with Crippen LogP contribution in [0.5, 0.6) is 0 Å². The van der Waals surface area contributed by atoms with Crippen LogP contribution in [0, 0.1) is 5.92 Å². The van der Waals surface area contributed by atoms with Crippen LogP contribution in [0.15, 0.2) is 0 Å². The topological polar surface area (TPSA) is 58.6 Å². The number of alkyl halides is 3. The van der Waals surface area contributed by atoms with E-state index in [1.807, 2.05) is 0 Å². The molecule has 17 heavy (non-hydrogen) atoms. The summed E-state index contributed by atoms with van der Waals surface area (Å²) < 4.78 is 42.7. The van der Waals surface area contributed by atoms with E-state index in [1.165, 1.54) is 0 Å². The predicted octanol–water partition coefficient (Wildman–Crippen LogP) is 0.853. The Morgan fingerprint density at radius 1 is 1.35 bits per heavy atom. The molecule has 8 heteroatoms. The Labute approximate surface area is 94.9 Å². The number of rotatable bonds is 1. The first-order valence-electron chi connectivity index (χ1n) is 5.20. The number of amides is 3. The van der Waals surface area contributed by atoms with Crippen LogP contribution in [0.4, 0.5) is 18.0 Å². The molecule has 2 fully saturated rings. The number of ether oxygens (including phenoxy) is 1. The third kappa shape index (κ3) is 2.21. The molecular formula is C9H11F3N2O3. The SMILES string of the molecule is O=C1NCC(C(F)(F)F)C(=O)N1C1CCCO1. The van der Waals surface area contributed by atoms with Crippen LogP contribution in [0.25, 0.3) is 0 Å². The molecule has 2 heterocycles. The third-order valence-electron chi connectivity index (χ3n) is 2.80. The second-order valence-corrected chi connectivity index (χ2v) is 3.96. The lowest BCUT2D eigenvalue weighted by Gasteiger charge is -2.35. The summed E-state index contributed by atoms with van der Waals surface area (Å²) in [6, 6.07) is -0.817. The predicted molar refractivity (Wildman–Crippen MR) is 48.8 cm³/mol. The van der Waals surface area contributed by atoms with Gasteiger partial charge in [-0.3, -0.25) is 4.79 Å². The number of imide groups is 1. The second kappa shape index (κ2) is 4.17. The van der Waals surface area contributed by atoms with Gasteiger partial charge >= 0.3 is 12.2 Å². The van der Waals surface area contributed by atoms with Crippen molar-refractivity contribution in [1.82, 2.24) is 10.2 Å². The fraction of sp³-hybridized carbons (Fsp3) is 0.778. The van der Waals surface area contributed by atoms with Crippen LogP contribution in [-0.4, -0.2) is 42.4 Å². The van der Waals surface area contributed by atoms with Crippen molar-refractivity contribution < 1.29 is 27.5 Å². The highest BCUT2D eigenvalue weighted by Gasteiger charge is 2.52. The van der Waals surface area contributed by atoms with Gasteiger partial charge in [0.15, 0.2) is 5.92 Å². The van der Waals surface area contributed by atoms with Gasteiger partial charge < -0.3 is 10.1 Å². The van der Waals surface area contributed by atoms with E-state index in [9.17, 15) is 22.8 Å². The molecule has 0 spiro atoms. The first-order chi connectivity index (χ1) is 7.91. The van der Waals surface area contributed by atoms with Crippen molar-refractivity contribution in [3.8, 4) is 0 Å². The summed E-state index contributed by atoms with van der Waals surface area (Å²) in [7, 11) is 0. The molecule has 2 atom stereocenters. The lowest BCUT2D eigenvalue weighted by atomic mass is 10.1. The standard InChI is InChI=1S/C9H11F3N2O3/c10-9(11,12)5-4-13-8(16)14(7(5)15)6-2-1-3-17-6/h5-6H,1-4H2,(H,13,16). The summed E-state index contributed by atoms with van der Waals surface area (Å²) in [4.78, 5) is 23.6. The summed E-state index contributed by atoms with van der Waals surface area (Å²) >= 11 is 0. The molecule has 5 nitrogen and oxygen atoms in total. The fourth-order valence-electron chi connectivity index (χ4n) is 1.92. The first-order valence-corrected chi connectivity index (χ1v) is 5.20. The number of carbonyl (C=O) groups excluding carboxylic acids is 2. The third-order valence-corrected chi connectivity index (χ3v) is 2.80. The number of hydrogen-bond acceptors (Lipinski definition) is 3. The normalized spacial score (nSPS) is 30.6. The lowest BCUT2D eigenvalue weighted by molar-refractivity contribution is -0.193. The number of halogens is 3. The molecule has 0 radical (unpaired) electrons. The van der Waals surface area contributed by atoms with Gasteiger partial charge in [-0.1, -0.05) is 0 Å². The van der Waals surface area contributed by atoms with Crippen LogP contribution in [0.3, 0.4) is 0 Å². The Morgan fingerprint density at radius 2 is 2.06 bits per heavy atom. The van der Waals surface area contributed by atoms with Crippen molar-refractivity contribution in [2.45, 2.75) is 25.2 Å². The minimum atomic E-state index is -4.65. The fourth-order valence-corrected chi connectivity index (χ4v) is 1.92. The summed E-state index contributed by atoms with van der Waals surface area (Å²) in [5.41, 5.74) is 0. The minimum absolute atomic E-state index is 0.346. The number of hydrogen-bond donors (Lipinski definition) is 1. The highest BCUT2D eigenvalue weighted by molar-refractivity contribution is 5.98. The van der Waals surface area contributed by atoms with Crippen LogP contribution in [0.2, 0.25) is 0 Å². The highest BCUT2D eigenvalue weighted by atomic mass is 19.4. The second-order valence-electron chi connectivity index (χ2n) is 3.96. The van der Waals surface area contributed by atoms with E-state index < -0.39 is 36.8 Å². The van der Waals surface area contributed by atoms with E-state index in [0.717, 1.165) is 0 Å². The van der Waals surface area contributed by atoms with Crippen LogP contribution in [0.1, 0.15) is 12.8 Å². The highest BCUT2D eigenvalue weighted by Crippen LogP contribution is 2.31. The first kappa shape index (κ1) is 12.2. The summed E-state index contributed by atoms with van der Waals surface area (Å²) in [6.45, 7) is -0.358. The molecule has 0 aromatic rings. The van der Waals surface area contributed by atoms with E-state index in [-0.39, 0.29) is 0 Å². The van der Waals surface area contributed by atoms with Gasteiger partial charge in [0.25, 0.3) is 0 Å². The largest absolute Gasteiger partial charge is 0.402 e. The van der Waals surface area contributed by atoms with Gasteiger partial charge in [0.1, 0.15) is 6.23 Å². The Balaban J connectivity index is 2.18. The van der Waals surface area contributed by atoms with Crippen molar-refractivity contribution in [3.05, 3.63) is 0 Å². The molecule has 2 saturated heterocycles. The van der Waals surface area contributed by atoms with E-state index >= 15 is 0 Å². The molecule has 96 valence electrons. The molecular weight excluding hydrogens is 241 g/mol. The molecule has 1 N–H and O–H groups in total. The van der Waals surface area contributed by atoms with E-state index in [1.54, 1.807) is 0 Å². The molecule has 0 aliphatic carbocycles. The Morgan fingerprint density at radius 3 is 2.59 bits per heavy atom. The average molecular weight is 252 g/mol. The maximum Gasteiger partial charge on any atom is 0.402 e. The van der Waals surface area contributed by atoms with Crippen LogP contribution >= 0.6 is 0 Å². The molecule has 0 aromatic heterocycles. The monoisotopic (exact) mass is 252 g/mol. The Hall–Kier alpha value is -1.31. The van der Waals surface area contributed by atoms with Crippen molar-refractivity contribution in [1.29, 1.82) is 0 Å². The van der Waals surface area contributed by atoms with Crippen molar-refractivity contribution in [3.63, 3.8) is 0 Å². The zero-order valence-electron chi connectivity index (χ0n) is 8.79. The van der Waals surface area contributed by atoms with Crippen LogP contribution < -0.4 is 5.32 Å². The van der Waals surface area contributed by atoms with Gasteiger partial charge in [0.2, 0.25) is 5.91 Å². The van der Waals surface area contributed by atoms with Gasteiger partial charge in [-0.2, -0.15) is 13.2 Å². The quantitative estimate of drug-likeness (QED) is 0.752. The number of urea groups is 1. The number of nitrogens with one attached hydrogen (secondary N) is 1. The van der Waals surface area contributed by atoms with Crippen LogP contribution in [-0.2, 0) is 9.53 Å². The molecule has 2 aliphatic heterocycles. The Bertz CT molecular complexity index is 339. The average Bonchev–Trinajstić information content (AvgIpc) is 2.68. The number of nitrogens with zero attached hydrogens (tertiary/aromatic N) is 1. The molecule has 0 aromatic carbocycles. The summed E-state index contributed by atoms with van der Waals surface area (Å²) in [5.74, 6) is -3.41. The van der Waals surface area contributed by atoms with Crippen molar-refractivity contribution in [2.24, 2.45) is 5.92 Å². The van der Waals surface area contributed by atoms with Crippen molar-refractivity contribution in [2.75, 3.05) is 13.2 Å². The van der Waals surface area contributed by atoms with Gasteiger partial charge in [0, 0.05) is 13.2 Å². The maximum absolute atomic E-state index is 12.5.